The molecule has 0 aliphatic rings. The van der Waals surface area contributed by atoms with Crippen LogP contribution in [0.2, 0.25) is 0 Å². The van der Waals surface area contributed by atoms with Crippen LogP contribution in [0.25, 0.3) is 0 Å². The lowest BCUT2D eigenvalue weighted by atomic mass is 10.2. The van der Waals surface area contributed by atoms with E-state index in [2.05, 4.69) is 4.98 Å². The minimum Gasteiger partial charge on any atom is -0.438 e. The molecule has 6 heteroatoms. The van der Waals surface area contributed by atoms with Gasteiger partial charge in [0.1, 0.15) is 17.5 Å². The molecular weight excluding hydrogens is 246 g/mol. The zero-order valence-corrected chi connectivity index (χ0v) is 10.0. The van der Waals surface area contributed by atoms with Crippen LogP contribution in [-0.4, -0.2) is 9.91 Å². The van der Waals surface area contributed by atoms with Crippen LogP contribution in [0.3, 0.4) is 0 Å². The number of aryl methyl sites for hydroxylation is 1. The van der Waals surface area contributed by atoms with Crippen LogP contribution in [0.5, 0.6) is 11.6 Å². The fourth-order valence-electron chi connectivity index (χ4n) is 1.46. The first kappa shape index (κ1) is 12.5. The van der Waals surface area contributed by atoms with Crippen LogP contribution in [0, 0.1) is 28.4 Å². The summed E-state index contributed by atoms with van der Waals surface area (Å²) in [6.07, 6.45) is 0. The Labute approximate surface area is 109 Å². The minimum atomic E-state index is -0.495. The van der Waals surface area contributed by atoms with E-state index in [9.17, 15) is 10.1 Å². The summed E-state index contributed by atoms with van der Waals surface area (Å²) in [6.45, 7) is 1.77. The normalized spacial score (nSPS) is 9.68. The molecule has 0 N–H and O–H groups in total. The Hall–Kier alpha value is -2.94. The van der Waals surface area contributed by atoms with Crippen molar-refractivity contribution in [3.8, 4) is 17.7 Å². The zero-order chi connectivity index (χ0) is 13.8. The van der Waals surface area contributed by atoms with Crippen LogP contribution >= 0.6 is 0 Å². The molecular formula is C13H9N3O3. The molecule has 0 fully saturated rings. The van der Waals surface area contributed by atoms with Crippen molar-refractivity contribution in [1.82, 2.24) is 4.98 Å². The van der Waals surface area contributed by atoms with Crippen molar-refractivity contribution >= 4 is 5.69 Å². The lowest BCUT2D eigenvalue weighted by Gasteiger charge is -2.07. The van der Waals surface area contributed by atoms with Gasteiger partial charge in [-0.2, -0.15) is 5.26 Å². The predicted octanol–water partition coefficient (Wildman–Crippen LogP) is 2.96. The maximum atomic E-state index is 10.7. The highest BCUT2D eigenvalue weighted by Crippen LogP contribution is 2.27. The molecule has 1 heterocycles. The lowest BCUT2D eigenvalue weighted by molar-refractivity contribution is -0.384. The third-order valence-corrected chi connectivity index (χ3v) is 2.44. The largest absolute Gasteiger partial charge is 0.438 e. The number of ether oxygens (including phenoxy) is 1. The molecule has 0 amide bonds. The lowest BCUT2D eigenvalue weighted by Crippen LogP contribution is -1.94. The molecule has 0 aliphatic carbocycles. The molecule has 19 heavy (non-hydrogen) atoms. The second-order valence-electron chi connectivity index (χ2n) is 3.78. The van der Waals surface area contributed by atoms with Gasteiger partial charge in [0.05, 0.1) is 11.0 Å². The molecule has 0 aliphatic heterocycles. The molecule has 2 rings (SSSR count). The number of nitrogens with zero attached hydrogens (tertiary/aromatic N) is 3. The summed E-state index contributed by atoms with van der Waals surface area (Å²) in [7, 11) is 0. The maximum absolute atomic E-state index is 10.7. The number of non-ortho nitro benzene ring substituents is 1. The second kappa shape index (κ2) is 5.14. The topological polar surface area (TPSA) is 89.0 Å². The number of rotatable bonds is 3. The molecule has 0 spiro atoms. The Morgan fingerprint density at radius 2 is 2.16 bits per heavy atom. The van der Waals surface area contributed by atoms with E-state index in [0.29, 0.717) is 5.75 Å². The second-order valence-corrected chi connectivity index (χ2v) is 3.78. The Morgan fingerprint density at radius 3 is 2.84 bits per heavy atom. The van der Waals surface area contributed by atoms with E-state index in [0.717, 1.165) is 5.56 Å². The van der Waals surface area contributed by atoms with Crippen molar-refractivity contribution in [3.05, 3.63) is 57.8 Å². The molecule has 94 valence electrons. The van der Waals surface area contributed by atoms with Gasteiger partial charge in [0, 0.05) is 12.1 Å². The quantitative estimate of drug-likeness (QED) is 0.621. The van der Waals surface area contributed by atoms with Crippen molar-refractivity contribution in [3.63, 3.8) is 0 Å². The van der Waals surface area contributed by atoms with Crippen LogP contribution in [-0.2, 0) is 0 Å². The van der Waals surface area contributed by atoms with Crippen molar-refractivity contribution in [2.24, 2.45) is 0 Å². The van der Waals surface area contributed by atoms with E-state index in [-0.39, 0.29) is 17.3 Å². The molecule has 0 bridgehead atoms. The number of pyridine rings is 1. The molecule has 2 aromatic rings. The smallest absolute Gasteiger partial charge is 0.273 e. The molecule has 0 saturated carbocycles. The summed E-state index contributed by atoms with van der Waals surface area (Å²) in [6, 6.07) is 11.0. The number of aromatic nitrogens is 1. The van der Waals surface area contributed by atoms with Gasteiger partial charge in [-0.15, -0.1) is 0 Å². The van der Waals surface area contributed by atoms with E-state index >= 15 is 0 Å². The van der Waals surface area contributed by atoms with Gasteiger partial charge in [0.2, 0.25) is 5.88 Å². The summed E-state index contributed by atoms with van der Waals surface area (Å²) < 4.78 is 5.48. The average molecular weight is 255 g/mol. The van der Waals surface area contributed by atoms with Crippen molar-refractivity contribution < 1.29 is 9.66 Å². The highest BCUT2D eigenvalue weighted by atomic mass is 16.6. The Morgan fingerprint density at radius 1 is 1.37 bits per heavy atom. The average Bonchev–Trinajstić information content (AvgIpc) is 2.41. The van der Waals surface area contributed by atoms with Gasteiger partial charge in [-0.05, 0) is 24.6 Å². The minimum absolute atomic E-state index is 0.0583. The van der Waals surface area contributed by atoms with Crippen LogP contribution in [0.4, 0.5) is 5.69 Å². The van der Waals surface area contributed by atoms with Gasteiger partial charge >= 0.3 is 0 Å². The fourth-order valence-corrected chi connectivity index (χ4v) is 1.46. The molecule has 1 aromatic carbocycles. The number of hydrogen-bond donors (Lipinski definition) is 0. The van der Waals surface area contributed by atoms with Gasteiger partial charge in [-0.25, -0.2) is 4.98 Å². The first-order chi connectivity index (χ1) is 9.10. The van der Waals surface area contributed by atoms with Gasteiger partial charge < -0.3 is 4.74 Å². The summed E-state index contributed by atoms with van der Waals surface area (Å²) in [5.74, 6) is 0.569. The number of nitro groups is 1. The monoisotopic (exact) mass is 255 g/mol. The van der Waals surface area contributed by atoms with Gasteiger partial charge in [-0.3, -0.25) is 10.1 Å². The number of nitro benzene ring substituents is 1. The van der Waals surface area contributed by atoms with Gasteiger partial charge in [-0.1, -0.05) is 6.07 Å². The van der Waals surface area contributed by atoms with Crippen molar-refractivity contribution in [1.29, 1.82) is 5.26 Å². The molecule has 0 radical (unpaired) electrons. The Bertz CT molecular complexity index is 677. The molecule has 0 atom stereocenters. The standard InChI is InChI=1S/C13H9N3O3/c1-9-5-6-11(16(17)18)7-12(9)19-13-4-2-3-10(8-14)15-13/h2-7H,1H3. The molecule has 6 nitrogen and oxygen atoms in total. The summed E-state index contributed by atoms with van der Waals surface area (Å²) >= 11 is 0. The van der Waals surface area contributed by atoms with Crippen LogP contribution in [0.15, 0.2) is 36.4 Å². The van der Waals surface area contributed by atoms with Crippen molar-refractivity contribution in [2.45, 2.75) is 6.92 Å². The van der Waals surface area contributed by atoms with E-state index in [1.807, 2.05) is 6.07 Å². The van der Waals surface area contributed by atoms with E-state index in [1.165, 1.54) is 12.1 Å². The third kappa shape index (κ3) is 2.84. The summed E-state index contributed by atoms with van der Waals surface area (Å²) in [5, 5.41) is 19.5. The highest BCUT2D eigenvalue weighted by Gasteiger charge is 2.11. The number of nitriles is 1. The van der Waals surface area contributed by atoms with E-state index in [1.54, 1.807) is 31.2 Å². The first-order valence-electron chi connectivity index (χ1n) is 5.40. The fraction of sp³-hybridized carbons (Fsp3) is 0.0769. The van der Waals surface area contributed by atoms with E-state index < -0.39 is 4.92 Å². The third-order valence-electron chi connectivity index (χ3n) is 2.44. The Balaban J connectivity index is 2.34. The van der Waals surface area contributed by atoms with Crippen LogP contribution < -0.4 is 4.74 Å². The van der Waals surface area contributed by atoms with E-state index in [4.69, 9.17) is 10.00 Å². The molecule has 0 saturated heterocycles. The SMILES string of the molecule is Cc1ccc([N+](=O)[O-])cc1Oc1cccc(C#N)n1. The predicted molar refractivity (Wildman–Crippen MR) is 66.9 cm³/mol. The summed E-state index contributed by atoms with van der Waals surface area (Å²) in [5.41, 5.74) is 0.910. The molecule has 0 unspecified atom stereocenters. The zero-order valence-electron chi connectivity index (χ0n) is 10.0. The number of benzene rings is 1. The number of hydrogen-bond acceptors (Lipinski definition) is 5. The molecule has 1 aromatic heterocycles. The maximum Gasteiger partial charge on any atom is 0.273 e. The van der Waals surface area contributed by atoms with Crippen molar-refractivity contribution in [2.75, 3.05) is 0 Å². The first-order valence-corrected chi connectivity index (χ1v) is 5.40. The Kier molecular flexibility index (Phi) is 3.39. The summed E-state index contributed by atoms with van der Waals surface area (Å²) in [4.78, 5) is 14.2. The van der Waals surface area contributed by atoms with Gasteiger partial charge in [0.25, 0.3) is 5.69 Å². The van der Waals surface area contributed by atoms with Crippen LogP contribution in [0.1, 0.15) is 11.3 Å². The highest BCUT2D eigenvalue weighted by molar-refractivity contribution is 5.45. The van der Waals surface area contributed by atoms with Gasteiger partial charge in [0.15, 0.2) is 0 Å².